The van der Waals surface area contributed by atoms with Crippen LogP contribution in [0.3, 0.4) is 0 Å². The van der Waals surface area contributed by atoms with E-state index in [1.165, 1.54) is 0 Å². The van der Waals surface area contributed by atoms with Gasteiger partial charge >= 0.3 is 0 Å². The molecule has 0 spiro atoms. The molecule has 3 nitrogen and oxygen atoms in total. The van der Waals surface area contributed by atoms with Crippen molar-refractivity contribution in [3.8, 4) is 0 Å². The predicted molar refractivity (Wildman–Crippen MR) is 50.1 cm³/mol. The molecule has 0 saturated carbocycles. The van der Waals surface area contributed by atoms with Crippen LogP contribution >= 0.6 is 0 Å². The molecule has 0 saturated heterocycles. The molecular weight excluding hydrogens is 154 g/mol. The van der Waals surface area contributed by atoms with Crippen LogP contribution in [0, 0.1) is 0 Å². The Balaban J connectivity index is 0. The van der Waals surface area contributed by atoms with E-state index in [0.29, 0.717) is 23.7 Å². The summed E-state index contributed by atoms with van der Waals surface area (Å²) in [5.74, 6) is 0. The van der Waals surface area contributed by atoms with Gasteiger partial charge in [-0.25, -0.2) is 0 Å². The maximum absolute atomic E-state index is 9.89. The first kappa shape index (κ1) is 13.6. The molecule has 0 rings (SSSR count). The van der Waals surface area contributed by atoms with Gasteiger partial charge in [0.2, 0.25) is 0 Å². The van der Waals surface area contributed by atoms with Crippen molar-refractivity contribution in [3.63, 3.8) is 0 Å². The van der Waals surface area contributed by atoms with E-state index < -0.39 is 0 Å². The average molecular weight is 171 g/mol. The maximum atomic E-state index is 9.89. The predicted octanol–water partition coefficient (Wildman–Crippen LogP) is 0.898. The van der Waals surface area contributed by atoms with E-state index in [1.54, 1.807) is 13.8 Å². The Kier molecular flexibility index (Phi) is 9.24. The third kappa shape index (κ3) is 11.8. The number of carbonyl (C=O) groups is 2. The summed E-state index contributed by atoms with van der Waals surface area (Å²) in [5.41, 5.74) is 1.00. The molecule has 0 fully saturated rings. The molecule has 70 valence electrons. The number of aldehydes is 2. The summed E-state index contributed by atoms with van der Waals surface area (Å²) >= 11 is 0. The first-order valence-corrected chi connectivity index (χ1v) is 3.64. The molecule has 0 amide bonds. The molecule has 0 aliphatic rings. The topological polar surface area (TPSA) is 37.4 Å². The lowest BCUT2D eigenvalue weighted by Crippen LogP contribution is -1.99. The molecule has 0 atom stereocenters. The zero-order chi connectivity index (χ0) is 10.1. The van der Waals surface area contributed by atoms with E-state index in [1.807, 2.05) is 26.0 Å². The van der Waals surface area contributed by atoms with E-state index in [0.717, 1.165) is 0 Å². The summed E-state index contributed by atoms with van der Waals surface area (Å²) in [6.45, 7) is 3.22. The summed E-state index contributed by atoms with van der Waals surface area (Å²) in [5, 5.41) is 0. The standard InChI is InChI=1S/C6H8O2.C3H9N/c1-5(3-7)6(2)4-8;1-4(2)3/h3-4H,1-2H3;1-3H3/b6-5-;. The van der Waals surface area contributed by atoms with E-state index in [-0.39, 0.29) is 0 Å². The van der Waals surface area contributed by atoms with Gasteiger partial charge in [0.1, 0.15) is 12.6 Å². The molecular formula is C9H17NO2. The van der Waals surface area contributed by atoms with Gasteiger partial charge in [-0.2, -0.15) is 0 Å². The summed E-state index contributed by atoms with van der Waals surface area (Å²) < 4.78 is 0. The summed E-state index contributed by atoms with van der Waals surface area (Å²) in [7, 11) is 6.00. The highest BCUT2D eigenvalue weighted by atomic mass is 16.1. The number of nitrogens with zero attached hydrogens (tertiary/aromatic N) is 1. The molecule has 3 heteroatoms. The third-order valence-electron chi connectivity index (χ3n) is 0.976. The first-order valence-electron chi connectivity index (χ1n) is 3.64. The normalized spacial score (nSPS) is 11.2. The van der Waals surface area contributed by atoms with Crippen molar-refractivity contribution in [2.75, 3.05) is 21.1 Å². The molecule has 0 bridgehead atoms. The van der Waals surface area contributed by atoms with Gasteiger partial charge in [-0.15, -0.1) is 0 Å². The Morgan fingerprint density at radius 1 is 0.917 bits per heavy atom. The molecule has 0 aromatic heterocycles. The highest BCUT2D eigenvalue weighted by molar-refractivity contribution is 5.85. The summed E-state index contributed by atoms with van der Waals surface area (Å²) in [6.07, 6.45) is 1.34. The van der Waals surface area contributed by atoms with Gasteiger partial charge in [-0.05, 0) is 46.1 Å². The molecule has 0 N–H and O–H groups in total. The van der Waals surface area contributed by atoms with Crippen molar-refractivity contribution in [2.45, 2.75) is 13.8 Å². The second kappa shape index (κ2) is 8.14. The number of hydrogen-bond acceptors (Lipinski definition) is 3. The zero-order valence-corrected chi connectivity index (χ0v) is 8.42. The van der Waals surface area contributed by atoms with Crippen molar-refractivity contribution in [1.29, 1.82) is 0 Å². The molecule has 0 unspecified atom stereocenters. The Labute approximate surface area is 74.1 Å². The van der Waals surface area contributed by atoms with Crippen LogP contribution in [0.2, 0.25) is 0 Å². The van der Waals surface area contributed by atoms with Crippen molar-refractivity contribution >= 4 is 12.6 Å². The number of rotatable bonds is 2. The van der Waals surface area contributed by atoms with Crippen molar-refractivity contribution < 1.29 is 9.59 Å². The number of carbonyl (C=O) groups excluding carboxylic acids is 2. The number of allylic oxidation sites excluding steroid dienone is 2. The van der Waals surface area contributed by atoms with Crippen LogP contribution in [-0.4, -0.2) is 38.6 Å². The van der Waals surface area contributed by atoms with Crippen molar-refractivity contribution in [3.05, 3.63) is 11.1 Å². The maximum Gasteiger partial charge on any atom is 0.146 e. The summed E-state index contributed by atoms with van der Waals surface area (Å²) in [6, 6.07) is 0. The van der Waals surface area contributed by atoms with E-state index in [2.05, 4.69) is 0 Å². The van der Waals surface area contributed by atoms with Crippen LogP contribution in [-0.2, 0) is 9.59 Å². The van der Waals surface area contributed by atoms with Crippen molar-refractivity contribution in [2.24, 2.45) is 0 Å². The van der Waals surface area contributed by atoms with Crippen molar-refractivity contribution in [1.82, 2.24) is 4.90 Å². The molecule has 12 heavy (non-hydrogen) atoms. The number of hydrogen-bond donors (Lipinski definition) is 0. The lowest BCUT2D eigenvalue weighted by molar-refractivity contribution is -0.107. The third-order valence-corrected chi connectivity index (χ3v) is 0.976. The van der Waals surface area contributed by atoms with Crippen LogP contribution in [0.15, 0.2) is 11.1 Å². The molecule has 0 aliphatic heterocycles. The highest BCUT2D eigenvalue weighted by Crippen LogP contribution is 1.93. The molecule has 0 radical (unpaired) electrons. The van der Waals surface area contributed by atoms with Gasteiger partial charge in [-0.1, -0.05) is 0 Å². The Morgan fingerprint density at radius 3 is 1.17 bits per heavy atom. The fourth-order valence-electron chi connectivity index (χ4n) is 0.186. The van der Waals surface area contributed by atoms with Gasteiger partial charge in [0.05, 0.1) is 0 Å². The van der Waals surface area contributed by atoms with Crippen LogP contribution in [0.25, 0.3) is 0 Å². The minimum Gasteiger partial charge on any atom is -0.312 e. The van der Waals surface area contributed by atoms with Gasteiger partial charge in [-0.3, -0.25) is 9.59 Å². The van der Waals surface area contributed by atoms with E-state index in [9.17, 15) is 9.59 Å². The Bertz CT molecular complexity index is 153. The highest BCUT2D eigenvalue weighted by Gasteiger charge is 1.89. The first-order chi connectivity index (χ1) is 5.45. The Hall–Kier alpha value is -0.960. The Morgan fingerprint density at radius 2 is 1.08 bits per heavy atom. The van der Waals surface area contributed by atoms with Gasteiger partial charge in [0.15, 0.2) is 0 Å². The quantitative estimate of drug-likeness (QED) is 0.457. The fourth-order valence-corrected chi connectivity index (χ4v) is 0.186. The lowest BCUT2D eigenvalue weighted by Gasteiger charge is -1.90. The zero-order valence-electron chi connectivity index (χ0n) is 8.42. The van der Waals surface area contributed by atoms with Crippen LogP contribution in [0.4, 0.5) is 0 Å². The SMILES string of the molecule is C/C(C=O)=C(\C)C=O.CN(C)C. The van der Waals surface area contributed by atoms with Crippen LogP contribution in [0.5, 0.6) is 0 Å². The summed E-state index contributed by atoms with van der Waals surface area (Å²) in [4.78, 5) is 21.8. The smallest absolute Gasteiger partial charge is 0.146 e. The van der Waals surface area contributed by atoms with Gasteiger partial charge in [0, 0.05) is 0 Å². The fraction of sp³-hybridized carbons (Fsp3) is 0.556. The minimum atomic E-state index is 0.500. The van der Waals surface area contributed by atoms with E-state index >= 15 is 0 Å². The molecule has 0 aromatic carbocycles. The monoisotopic (exact) mass is 171 g/mol. The molecule has 0 heterocycles. The molecule has 0 aliphatic carbocycles. The lowest BCUT2D eigenvalue weighted by atomic mass is 10.2. The van der Waals surface area contributed by atoms with Gasteiger partial charge < -0.3 is 4.90 Å². The van der Waals surface area contributed by atoms with E-state index in [4.69, 9.17) is 0 Å². The second-order valence-electron chi connectivity index (χ2n) is 2.94. The van der Waals surface area contributed by atoms with Gasteiger partial charge in [0.25, 0.3) is 0 Å². The largest absolute Gasteiger partial charge is 0.312 e. The second-order valence-corrected chi connectivity index (χ2v) is 2.94. The average Bonchev–Trinajstić information content (AvgIpc) is 2.00. The minimum absolute atomic E-state index is 0.500. The molecule has 0 aromatic rings. The van der Waals surface area contributed by atoms with Crippen LogP contribution < -0.4 is 0 Å². The van der Waals surface area contributed by atoms with Crippen LogP contribution in [0.1, 0.15) is 13.8 Å².